The van der Waals surface area contributed by atoms with Crippen molar-refractivity contribution in [2.24, 2.45) is 0 Å². The molecule has 0 saturated heterocycles. The van der Waals surface area contributed by atoms with Gasteiger partial charge in [0.15, 0.2) is 0 Å². The molecule has 0 atom stereocenters. The Morgan fingerprint density at radius 2 is 1.93 bits per heavy atom. The largest absolute Gasteiger partial charge is 0.346 e. The Hall–Kier alpha value is -2.76. The second kappa shape index (κ2) is 10.3. The maximum absolute atomic E-state index is 12.9. The van der Waals surface area contributed by atoms with Crippen molar-refractivity contribution in [2.75, 3.05) is 18.9 Å². The molecule has 156 valence electrons. The summed E-state index contributed by atoms with van der Waals surface area (Å²) in [4.78, 5) is 30.2. The van der Waals surface area contributed by atoms with Gasteiger partial charge >= 0.3 is 0 Å². The first-order chi connectivity index (χ1) is 14.4. The van der Waals surface area contributed by atoms with E-state index in [9.17, 15) is 14.0 Å². The lowest BCUT2D eigenvalue weighted by atomic mass is 10.2. The van der Waals surface area contributed by atoms with Crippen LogP contribution in [0.1, 0.15) is 20.4 Å². The monoisotopic (exact) mass is 492 g/mol. The van der Waals surface area contributed by atoms with Crippen LogP contribution in [0.15, 0.2) is 47.1 Å². The Balaban J connectivity index is 1.46. The van der Waals surface area contributed by atoms with E-state index < -0.39 is 0 Å². The van der Waals surface area contributed by atoms with Gasteiger partial charge < -0.3 is 10.6 Å². The zero-order valence-corrected chi connectivity index (χ0v) is 18.3. The fraction of sp³-hybridized carbons (Fsp3) is 0.211. The van der Waals surface area contributed by atoms with Gasteiger partial charge in [0.2, 0.25) is 10.9 Å². The number of pyridine rings is 1. The van der Waals surface area contributed by atoms with Crippen molar-refractivity contribution in [3.8, 4) is 0 Å². The molecule has 0 aliphatic heterocycles. The molecule has 11 heteroatoms. The van der Waals surface area contributed by atoms with Crippen LogP contribution in [0.25, 0.3) is 0 Å². The maximum Gasteiger partial charge on any atom is 0.282 e. The Morgan fingerprint density at radius 3 is 2.63 bits per heavy atom. The molecule has 30 heavy (non-hydrogen) atoms. The fourth-order valence-electron chi connectivity index (χ4n) is 2.43. The first kappa shape index (κ1) is 21.9. The van der Waals surface area contributed by atoms with Crippen LogP contribution in [0.5, 0.6) is 0 Å². The number of anilines is 1. The minimum Gasteiger partial charge on any atom is -0.346 e. The van der Waals surface area contributed by atoms with Crippen LogP contribution in [0.2, 0.25) is 0 Å². The second-order valence-corrected chi connectivity index (χ2v) is 8.37. The predicted octanol–water partition coefficient (Wildman–Crippen LogP) is 2.84. The fourth-order valence-corrected chi connectivity index (χ4v) is 3.50. The number of aromatic nitrogens is 3. The van der Waals surface area contributed by atoms with E-state index in [1.54, 1.807) is 42.4 Å². The van der Waals surface area contributed by atoms with Crippen LogP contribution in [-0.4, -0.2) is 45.5 Å². The lowest BCUT2D eigenvalue weighted by molar-refractivity contribution is -0.117. The molecule has 1 aromatic carbocycles. The van der Waals surface area contributed by atoms with Gasteiger partial charge in [-0.25, -0.2) is 9.37 Å². The minimum absolute atomic E-state index is 0.128. The Labute approximate surface area is 184 Å². The summed E-state index contributed by atoms with van der Waals surface area (Å²) >= 11 is 4.44. The topological polar surface area (TPSA) is 100 Å². The van der Waals surface area contributed by atoms with E-state index in [-0.39, 0.29) is 35.7 Å². The molecule has 2 aromatic heterocycles. The first-order valence-electron chi connectivity index (χ1n) is 8.84. The highest BCUT2D eigenvalue weighted by atomic mass is 79.9. The molecule has 2 N–H and O–H groups in total. The number of carbonyl (C=O) groups excluding carboxylic acids is 2. The molecule has 0 unspecified atom stereocenters. The average molecular weight is 493 g/mol. The average Bonchev–Trinajstić information content (AvgIpc) is 3.17. The van der Waals surface area contributed by atoms with Crippen molar-refractivity contribution in [3.63, 3.8) is 0 Å². The summed E-state index contributed by atoms with van der Waals surface area (Å²) < 4.78 is 13.7. The van der Waals surface area contributed by atoms with Crippen molar-refractivity contribution in [1.82, 2.24) is 25.4 Å². The third-order valence-electron chi connectivity index (χ3n) is 3.84. The van der Waals surface area contributed by atoms with Crippen LogP contribution in [-0.2, 0) is 17.9 Å². The minimum atomic E-state index is -0.357. The first-order valence-corrected chi connectivity index (χ1v) is 10.4. The molecule has 0 fully saturated rings. The number of likely N-dealkylation sites (N-methyl/N-ethyl adjacent to an activating group) is 1. The summed E-state index contributed by atoms with van der Waals surface area (Å²) in [6.07, 6.45) is 1.60. The van der Waals surface area contributed by atoms with Crippen molar-refractivity contribution >= 4 is 44.9 Å². The van der Waals surface area contributed by atoms with E-state index in [1.807, 2.05) is 0 Å². The van der Waals surface area contributed by atoms with Gasteiger partial charge in [0.1, 0.15) is 16.6 Å². The number of hydrogen-bond donors (Lipinski definition) is 2. The van der Waals surface area contributed by atoms with Crippen LogP contribution in [0.3, 0.4) is 0 Å². The van der Waals surface area contributed by atoms with Crippen LogP contribution >= 0.6 is 27.3 Å². The number of halogens is 2. The normalized spacial score (nSPS) is 10.8. The number of nitrogens with one attached hydrogen (secondary N) is 2. The van der Waals surface area contributed by atoms with Crippen molar-refractivity contribution in [1.29, 1.82) is 0 Å². The smallest absolute Gasteiger partial charge is 0.282 e. The zero-order valence-electron chi connectivity index (χ0n) is 15.9. The van der Waals surface area contributed by atoms with E-state index in [2.05, 4.69) is 41.7 Å². The van der Waals surface area contributed by atoms with Gasteiger partial charge in [-0.1, -0.05) is 23.5 Å². The third kappa shape index (κ3) is 6.65. The van der Waals surface area contributed by atoms with Crippen LogP contribution in [0.4, 0.5) is 10.2 Å². The summed E-state index contributed by atoms with van der Waals surface area (Å²) in [5, 5.41) is 14.2. The van der Waals surface area contributed by atoms with E-state index in [0.29, 0.717) is 17.4 Å². The molecule has 3 aromatic rings. The third-order valence-corrected chi connectivity index (χ3v) is 5.22. The summed E-state index contributed by atoms with van der Waals surface area (Å²) in [5.41, 5.74) is 0.778. The Morgan fingerprint density at radius 1 is 1.17 bits per heavy atom. The number of amides is 2. The molecular formula is C19H18BrFN6O2S. The summed E-state index contributed by atoms with van der Waals surface area (Å²) in [5.74, 6) is -0.434. The molecule has 2 heterocycles. The lowest BCUT2D eigenvalue weighted by Crippen LogP contribution is -2.30. The molecule has 0 aliphatic carbocycles. The highest BCUT2D eigenvalue weighted by Crippen LogP contribution is 2.13. The number of hydrogen-bond acceptors (Lipinski definition) is 7. The molecular weight excluding hydrogens is 475 g/mol. The van der Waals surface area contributed by atoms with Gasteiger partial charge in [-0.05, 0) is 52.8 Å². The molecule has 0 bridgehead atoms. The molecule has 0 aliphatic rings. The van der Waals surface area contributed by atoms with Crippen LogP contribution in [0, 0.1) is 5.82 Å². The summed E-state index contributed by atoms with van der Waals surface area (Å²) in [6, 6.07) is 9.36. The van der Waals surface area contributed by atoms with E-state index in [4.69, 9.17) is 0 Å². The molecule has 3 rings (SSSR count). The lowest BCUT2D eigenvalue weighted by Gasteiger charge is -2.14. The van der Waals surface area contributed by atoms with Crippen molar-refractivity contribution < 1.29 is 14.0 Å². The molecule has 0 saturated carbocycles. The van der Waals surface area contributed by atoms with Gasteiger partial charge in [-0.15, -0.1) is 10.2 Å². The second-order valence-electron chi connectivity index (χ2n) is 6.39. The highest BCUT2D eigenvalue weighted by Gasteiger charge is 2.15. The quantitative estimate of drug-likeness (QED) is 0.501. The highest BCUT2D eigenvalue weighted by molar-refractivity contribution is 9.10. The van der Waals surface area contributed by atoms with E-state index in [0.717, 1.165) is 21.4 Å². The standard InChI is InChI=1S/C19H18BrFN6O2S/c1-27(10-16(28)24-15-7-4-13(20)9-22-15)11-17-25-26-19(30-17)18(29)23-8-12-2-5-14(21)6-3-12/h2-7,9H,8,10-11H2,1H3,(H,23,29)(H,22,24,28). The Bertz CT molecular complexity index is 1010. The summed E-state index contributed by atoms with van der Waals surface area (Å²) in [6.45, 7) is 0.756. The number of nitrogens with zero attached hydrogens (tertiary/aromatic N) is 4. The number of carbonyl (C=O) groups is 2. The zero-order chi connectivity index (χ0) is 21.5. The summed E-state index contributed by atoms with van der Waals surface area (Å²) in [7, 11) is 1.77. The molecule has 0 radical (unpaired) electrons. The molecule has 8 nitrogen and oxygen atoms in total. The van der Waals surface area contributed by atoms with E-state index >= 15 is 0 Å². The van der Waals surface area contributed by atoms with Gasteiger partial charge in [-0.2, -0.15) is 0 Å². The molecule has 2 amide bonds. The van der Waals surface area contributed by atoms with Crippen molar-refractivity contribution in [2.45, 2.75) is 13.1 Å². The van der Waals surface area contributed by atoms with Gasteiger partial charge in [0.25, 0.3) is 5.91 Å². The van der Waals surface area contributed by atoms with Crippen LogP contribution < -0.4 is 10.6 Å². The van der Waals surface area contributed by atoms with Gasteiger partial charge in [-0.3, -0.25) is 14.5 Å². The van der Waals surface area contributed by atoms with Gasteiger partial charge in [0, 0.05) is 17.2 Å². The molecule has 0 spiro atoms. The van der Waals surface area contributed by atoms with E-state index in [1.165, 1.54) is 12.1 Å². The number of benzene rings is 1. The van der Waals surface area contributed by atoms with Crippen molar-refractivity contribution in [3.05, 3.63) is 68.5 Å². The predicted molar refractivity (Wildman–Crippen MR) is 114 cm³/mol. The maximum atomic E-state index is 12.9. The SMILES string of the molecule is CN(CC(=O)Nc1ccc(Br)cn1)Cc1nnc(C(=O)NCc2ccc(F)cc2)s1. The Kier molecular flexibility index (Phi) is 7.55. The number of rotatable bonds is 8. The van der Waals surface area contributed by atoms with Gasteiger partial charge in [0.05, 0.1) is 13.1 Å².